The van der Waals surface area contributed by atoms with Gasteiger partial charge in [-0.05, 0) is 30.3 Å². The van der Waals surface area contributed by atoms with E-state index in [-0.39, 0.29) is 0 Å². The number of aromatic amines is 3. The van der Waals surface area contributed by atoms with Crippen LogP contribution >= 0.6 is 0 Å². The van der Waals surface area contributed by atoms with Crippen molar-refractivity contribution in [2.45, 2.75) is 0 Å². The molecule has 0 bridgehead atoms. The molecule has 0 aliphatic rings. The Balaban J connectivity index is 1.73. The van der Waals surface area contributed by atoms with Crippen LogP contribution in [0.4, 0.5) is 0 Å². The molecule has 5 rings (SSSR count). The normalized spacial score (nSPS) is 11.5. The summed E-state index contributed by atoms with van der Waals surface area (Å²) in [5, 5.41) is 14.2. The van der Waals surface area contributed by atoms with Crippen molar-refractivity contribution >= 4 is 22.1 Å². The lowest BCUT2D eigenvalue weighted by Gasteiger charge is -1.98. The number of fused-ring (bicyclic) bond motifs is 2. The average molecular weight is 301 g/mol. The quantitative estimate of drug-likeness (QED) is 0.467. The Kier molecular flexibility index (Phi) is 2.37. The van der Waals surface area contributed by atoms with Gasteiger partial charge in [0.1, 0.15) is 11.2 Å². The van der Waals surface area contributed by atoms with E-state index < -0.39 is 0 Å². The first-order chi connectivity index (χ1) is 11.4. The van der Waals surface area contributed by atoms with Crippen LogP contribution in [0, 0.1) is 0 Å². The Morgan fingerprint density at radius 2 is 2.04 bits per heavy atom. The average Bonchev–Trinajstić information content (AvgIpc) is 3.32. The minimum absolute atomic E-state index is 0.781. The molecule has 0 radical (unpaired) electrons. The lowest BCUT2D eigenvalue weighted by atomic mass is 10.2. The van der Waals surface area contributed by atoms with Gasteiger partial charge in [0, 0.05) is 18.0 Å². The van der Waals surface area contributed by atoms with Crippen LogP contribution in [0.1, 0.15) is 0 Å². The van der Waals surface area contributed by atoms with E-state index in [0.29, 0.717) is 0 Å². The highest BCUT2D eigenvalue weighted by Gasteiger charge is 2.14. The molecule has 0 spiro atoms. The SMILES string of the molecule is c1cnc2cc(-c3n[nH]c4ccc(-c5cn[nH]c5)nc34)[nH]c2c1. The molecular formula is C16H11N7. The van der Waals surface area contributed by atoms with Gasteiger partial charge in [-0.1, -0.05) is 0 Å². The highest BCUT2D eigenvalue weighted by Crippen LogP contribution is 2.28. The summed E-state index contributed by atoms with van der Waals surface area (Å²) < 4.78 is 0. The topological polar surface area (TPSA) is 98.9 Å². The van der Waals surface area contributed by atoms with Crippen molar-refractivity contribution in [3.05, 3.63) is 48.9 Å². The predicted molar refractivity (Wildman–Crippen MR) is 86.6 cm³/mol. The summed E-state index contributed by atoms with van der Waals surface area (Å²) >= 11 is 0. The van der Waals surface area contributed by atoms with E-state index in [0.717, 1.165) is 44.7 Å². The van der Waals surface area contributed by atoms with Gasteiger partial charge in [-0.2, -0.15) is 10.2 Å². The van der Waals surface area contributed by atoms with E-state index in [1.54, 1.807) is 12.4 Å². The van der Waals surface area contributed by atoms with Gasteiger partial charge in [0.05, 0.1) is 34.1 Å². The lowest BCUT2D eigenvalue weighted by molar-refractivity contribution is 1.09. The maximum absolute atomic E-state index is 4.73. The first-order valence-corrected chi connectivity index (χ1v) is 7.17. The third-order valence-electron chi connectivity index (χ3n) is 3.85. The lowest BCUT2D eigenvalue weighted by Crippen LogP contribution is -1.84. The summed E-state index contributed by atoms with van der Waals surface area (Å²) in [7, 11) is 0. The number of pyridine rings is 2. The zero-order chi connectivity index (χ0) is 15.2. The minimum Gasteiger partial charge on any atom is -0.352 e. The molecule has 0 unspecified atom stereocenters. The first-order valence-electron chi connectivity index (χ1n) is 7.17. The maximum atomic E-state index is 4.73. The van der Waals surface area contributed by atoms with Crippen LogP contribution < -0.4 is 0 Å². The van der Waals surface area contributed by atoms with Gasteiger partial charge in [-0.25, -0.2) is 4.98 Å². The predicted octanol–water partition coefficient (Wildman–Crippen LogP) is 2.89. The summed E-state index contributed by atoms with van der Waals surface area (Å²) in [6, 6.07) is 9.80. The second-order valence-electron chi connectivity index (χ2n) is 5.27. The number of aromatic nitrogens is 7. The fourth-order valence-electron chi connectivity index (χ4n) is 2.72. The van der Waals surface area contributed by atoms with Gasteiger partial charge in [0.2, 0.25) is 0 Å². The van der Waals surface area contributed by atoms with E-state index in [1.165, 1.54) is 0 Å². The largest absolute Gasteiger partial charge is 0.352 e. The molecule has 0 aliphatic heterocycles. The van der Waals surface area contributed by atoms with Crippen molar-refractivity contribution < 1.29 is 0 Å². The molecule has 0 atom stereocenters. The first kappa shape index (κ1) is 12.1. The molecule has 0 saturated carbocycles. The summed E-state index contributed by atoms with van der Waals surface area (Å²) in [5.74, 6) is 0. The van der Waals surface area contributed by atoms with Gasteiger partial charge >= 0.3 is 0 Å². The molecule has 5 heterocycles. The van der Waals surface area contributed by atoms with Crippen LogP contribution in [0.15, 0.2) is 48.9 Å². The van der Waals surface area contributed by atoms with Crippen LogP contribution in [-0.4, -0.2) is 35.3 Å². The van der Waals surface area contributed by atoms with Gasteiger partial charge in [-0.3, -0.25) is 15.2 Å². The number of hydrogen-bond acceptors (Lipinski definition) is 4. The summed E-state index contributed by atoms with van der Waals surface area (Å²) in [6.45, 7) is 0. The van der Waals surface area contributed by atoms with Gasteiger partial charge in [0.15, 0.2) is 0 Å². The summed E-state index contributed by atoms with van der Waals surface area (Å²) in [5.41, 5.74) is 7.05. The van der Waals surface area contributed by atoms with Gasteiger partial charge in [0.25, 0.3) is 0 Å². The molecule has 23 heavy (non-hydrogen) atoms. The molecule has 7 nitrogen and oxygen atoms in total. The zero-order valence-electron chi connectivity index (χ0n) is 11.9. The summed E-state index contributed by atoms with van der Waals surface area (Å²) in [4.78, 5) is 12.4. The fourth-order valence-corrected chi connectivity index (χ4v) is 2.72. The third kappa shape index (κ3) is 1.83. The van der Waals surface area contributed by atoms with Crippen molar-refractivity contribution in [2.24, 2.45) is 0 Å². The molecule has 0 aliphatic carbocycles. The van der Waals surface area contributed by atoms with E-state index in [4.69, 9.17) is 4.98 Å². The molecule has 0 aromatic carbocycles. The van der Waals surface area contributed by atoms with Gasteiger partial charge < -0.3 is 4.98 Å². The molecule has 7 heteroatoms. The second-order valence-corrected chi connectivity index (χ2v) is 5.27. The molecule has 5 aromatic rings. The Bertz CT molecular complexity index is 1080. The molecule has 110 valence electrons. The van der Waals surface area contributed by atoms with E-state index in [2.05, 4.69) is 30.4 Å². The van der Waals surface area contributed by atoms with Gasteiger partial charge in [-0.15, -0.1) is 0 Å². The molecule has 0 fully saturated rings. The molecule has 0 amide bonds. The fraction of sp³-hybridized carbons (Fsp3) is 0. The van der Waals surface area contributed by atoms with E-state index in [1.807, 2.05) is 36.5 Å². The smallest absolute Gasteiger partial charge is 0.135 e. The number of H-pyrrole nitrogens is 3. The van der Waals surface area contributed by atoms with Crippen molar-refractivity contribution in [3.8, 4) is 22.6 Å². The number of nitrogens with one attached hydrogen (secondary N) is 3. The molecular weight excluding hydrogens is 290 g/mol. The van der Waals surface area contributed by atoms with E-state index in [9.17, 15) is 0 Å². The Morgan fingerprint density at radius 3 is 2.91 bits per heavy atom. The molecule has 0 saturated heterocycles. The van der Waals surface area contributed by atoms with Crippen LogP contribution in [0.3, 0.4) is 0 Å². The Labute approximate surface area is 129 Å². The molecule has 5 aromatic heterocycles. The van der Waals surface area contributed by atoms with Crippen LogP contribution in [0.2, 0.25) is 0 Å². The number of hydrogen-bond donors (Lipinski definition) is 3. The third-order valence-corrected chi connectivity index (χ3v) is 3.85. The number of nitrogens with zero attached hydrogens (tertiary/aromatic N) is 4. The van der Waals surface area contributed by atoms with Crippen molar-refractivity contribution in [1.29, 1.82) is 0 Å². The summed E-state index contributed by atoms with van der Waals surface area (Å²) in [6.07, 6.45) is 5.35. The van der Waals surface area contributed by atoms with Crippen LogP contribution in [0.25, 0.3) is 44.7 Å². The number of rotatable bonds is 2. The van der Waals surface area contributed by atoms with Crippen molar-refractivity contribution in [3.63, 3.8) is 0 Å². The van der Waals surface area contributed by atoms with Crippen LogP contribution in [-0.2, 0) is 0 Å². The maximum Gasteiger partial charge on any atom is 0.135 e. The van der Waals surface area contributed by atoms with Crippen LogP contribution in [0.5, 0.6) is 0 Å². The minimum atomic E-state index is 0.781. The highest BCUT2D eigenvalue weighted by molar-refractivity contribution is 5.93. The Morgan fingerprint density at radius 1 is 1.04 bits per heavy atom. The second kappa shape index (κ2) is 4.51. The van der Waals surface area contributed by atoms with Crippen molar-refractivity contribution in [2.75, 3.05) is 0 Å². The zero-order valence-corrected chi connectivity index (χ0v) is 11.9. The standard InChI is InChI=1S/C16H11N7/c1-2-11-13(17-5-1)6-14(20-11)16-15-12(22-23-16)4-3-10(21-15)9-7-18-19-8-9/h1-8,20H,(H,18,19)(H,22,23). The highest BCUT2D eigenvalue weighted by atomic mass is 15.1. The van der Waals surface area contributed by atoms with Crippen molar-refractivity contribution in [1.82, 2.24) is 35.3 Å². The monoisotopic (exact) mass is 301 g/mol. The molecule has 3 N–H and O–H groups in total. The van der Waals surface area contributed by atoms with E-state index >= 15 is 0 Å². The Hall–Kier alpha value is -3.48.